The molecule has 0 radical (unpaired) electrons. The van der Waals surface area contributed by atoms with Crippen molar-refractivity contribution < 1.29 is 5.11 Å². The van der Waals surface area contributed by atoms with E-state index >= 15 is 0 Å². The molecule has 0 aliphatic rings. The van der Waals surface area contributed by atoms with Crippen molar-refractivity contribution in [2.45, 2.75) is 45.7 Å². The molecule has 24 heavy (non-hydrogen) atoms. The molecule has 1 atom stereocenters. The zero-order valence-electron chi connectivity index (χ0n) is 15.8. The number of phenolic OH excluding ortho intramolecular Hbond substituents is 1. The highest BCUT2D eigenvalue weighted by Crippen LogP contribution is 2.51. The number of phenols is 1. The second-order valence-electron chi connectivity index (χ2n) is 6.75. The van der Waals surface area contributed by atoms with Crippen molar-refractivity contribution in [1.82, 2.24) is 0 Å². The SMILES string of the molecule is CCC(CC)(Pc1c(C)cccc1N(C)C)c1cccc(C)c1O. The van der Waals surface area contributed by atoms with Crippen LogP contribution in [0, 0.1) is 13.8 Å². The third kappa shape index (κ3) is 3.44. The average molecular weight is 343 g/mol. The van der Waals surface area contributed by atoms with E-state index in [1.165, 1.54) is 16.6 Å². The lowest BCUT2D eigenvalue weighted by Crippen LogP contribution is -2.26. The van der Waals surface area contributed by atoms with Gasteiger partial charge in [-0.2, -0.15) is 0 Å². The van der Waals surface area contributed by atoms with E-state index in [4.69, 9.17) is 0 Å². The van der Waals surface area contributed by atoms with Gasteiger partial charge in [0.15, 0.2) is 0 Å². The van der Waals surface area contributed by atoms with E-state index in [-0.39, 0.29) is 5.16 Å². The monoisotopic (exact) mass is 343 g/mol. The Morgan fingerprint density at radius 2 is 1.54 bits per heavy atom. The molecule has 3 heteroatoms. The quantitative estimate of drug-likeness (QED) is 0.738. The van der Waals surface area contributed by atoms with Crippen molar-refractivity contribution in [2.24, 2.45) is 0 Å². The minimum absolute atomic E-state index is 0.0209. The number of aromatic hydroxyl groups is 1. The maximum absolute atomic E-state index is 10.7. The van der Waals surface area contributed by atoms with Gasteiger partial charge in [-0.25, -0.2) is 0 Å². The zero-order valence-corrected chi connectivity index (χ0v) is 16.8. The van der Waals surface area contributed by atoms with Crippen molar-refractivity contribution >= 4 is 19.6 Å². The van der Waals surface area contributed by atoms with Gasteiger partial charge in [0.2, 0.25) is 0 Å². The summed E-state index contributed by atoms with van der Waals surface area (Å²) in [6, 6.07) is 12.7. The molecule has 2 aromatic rings. The van der Waals surface area contributed by atoms with E-state index in [0.29, 0.717) is 14.3 Å². The molecule has 0 saturated heterocycles. The molecule has 2 nitrogen and oxygen atoms in total. The van der Waals surface area contributed by atoms with Crippen LogP contribution >= 0.6 is 8.58 Å². The number of benzene rings is 2. The third-order valence-corrected chi connectivity index (χ3v) is 7.41. The Labute approximate surface area is 148 Å². The summed E-state index contributed by atoms with van der Waals surface area (Å²) in [4.78, 5) is 2.20. The molecule has 1 N–H and O–H groups in total. The third-order valence-electron chi connectivity index (χ3n) is 5.06. The van der Waals surface area contributed by atoms with Crippen LogP contribution < -0.4 is 10.2 Å². The largest absolute Gasteiger partial charge is 0.507 e. The minimum Gasteiger partial charge on any atom is -0.507 e. The fourth-order valence-corrected chi connectivity index (χ4v) is 5.23. The molecule has 130 valence electrons. The molecule has 0 heterocycles. The standard InChI is InChI=1S/C21H30NOP/c1-7-21(8-2,17-13-9-11-15(3)19(17)23)24-20-16(4)12-10-14-18(20)22(5)6/h9-14,23-24H,7-8H2,1-6H3. The molecule has 0 fully saturated rings. The van der Waals surface area contributed by atoms with E-state index in [1.807, 2.05) is 13.0 Å². The number of hydrogen-bond donors (Lipinski definition) is 1. The number of hydrogen-bond acceptors (Lipinski definition) is 2. The molecule has 2 aromatic carbocycles. The van der Waals surface area contributed by atoms with Crippen LogP contribution in [0.5, 0.6) is 5.75 Å². The number of nitrogens with zero attached hydrogens (tertiary/aromatic N) is 1. The average Bonchev–Trinajstić information content (AvgIpc) is 2.56. The number of anilines is 1. The second-order valence-corrected chi connectivity index (χ2v) is 8.46. The molecule has 0 amide bonds. The fraction of sp³-hybridized carbons (Fsp3) is 0.429. The van der Waals surface area contributed by atoms with Crippen LogP contribution in [0.2, 0.25) is 0 Å². The van der Waals surface area contributed by atoms with Gasteiger partial charge in [-0.05, 0) is 49.2 Å². The van der Waals surface area contributed by atoms with Crippen LogP contribution in [-0.2, 0) is 5.16 Å². The van der Waals surface area contributed by atoms with Crippen LogP contribution in [0.1, 0.15) is 43.4 Å². The maximum atomic E-state index is 10.7. The predicted molar refractivity (Wildman–Crippen MR) is 109 cm³/mol. The van der Waals surface area contributed by atoms with Gasteiger partial charge >= 0.3 is 0 Å². The van der Waals surface area contributed by atoms with Gasteiger partial charge in [0.1, 0.15) is 5.75 Å². The molecule has 0 aliphatic carbocycles. The molecule has 1 unspecified atom stereocenters. The van der Waals surface area contributed by atoms with Crippen molar-refractivity contribution in [2.75, 3.05) is 19.0 Å². The molecule has 0 bridgehead atoms. The van der Waals surface area contributed by atoms with Crippen LogP contribution in [0.25, 0.3) is 0 Å². The first-order valence-corrected chi connectivity index (χ1v) is 9.70. The lowest BCUT2D eigenvalue weighted by Gasteiger charge is -2.35. The Morgan fingerprint density at radius 1 is 0.958 bits per heavy atom. The van der Waals surface area contributed by atoms with Crippen molar-refractivity contribution in [3.63, 3.8) is 0 Å². The summed E-state index contributed by atoms with van der Waals surface area (Å²) in [6.07, 6.45) is 2.03. The molecule has 0 spiro atoms. The summed E-state index contributed by atoms with van der Waals surface area (Å²) in [5, 5.41) is 12.1. The lowest BCUT2D eigenvalue weighted by atomic mass is 9.90. The maximum Gasteiger partial charge on any atom is 0.122 e. The Bertz CT molecular complexity index is 705. The van der Waals surface area contributed by atoms with Crippen molar-refractivity contribution in [3.05, 3.63) is 53.1 Å². The molecular formula is C21H30NOP. The Kier molecular flexibility index (Phi) is 5.93. The Balaban J connectivity index is 2.60. The Hall–Kier alpha value is -1.53. The van der Waals surface area contributed by atoms with Crippen LogP contribution in [-0.4, -0.2) is 19.2 Å². The molecule has 2 rings (SSSR count). The van der Waals surface area contributed by atoms with E-state index in [9.17, 15) is 5.11 Å². The van der Waals surface area contributed by atoms with Gasteiger partial charge in [-0.1, -0.05) is 52.8 Å². The summed E-state index contributed by atoms with van der Waals surface area (Å²) >= 11 is 0. The molecule has 0 aliphatic heterocycles. The highest BCUT2D eigenvalue weighted by molar-refractivity contribution is 7.49. The zero-order chi connectivity index (χ0) is 17.9. The van der Waals surface area contributed by atoms with Gasteiger partial charge in [0, 0.05) is 30.5 Å². The molecule has 0 aromatic heterocycles. The van der Waals surface area contributed by atoms with Crippen molar-refractivity contribution in [1.29, 1.82) is 0 Å². The summed E-state index contributed by atoms with van der Waals surface area (Å²) < 4.78 is 0. The van der Waals surface area contributed by atoms with Gasteiger partial charge in [-0.3, -0.25) is 0 Å². The van der Waals surface area contributed by atoms with Crippen LogP contribution in [0.3, 0.4) is 0 Å². The predicted octanol–water partition coefficient (Wildman–Crippen LogP) is 5.09. The first-order valence-electron chi connectivity index (χ1n) is 8.70. The number of para-hydroxylation sites is 1. The van der Waals surface area contributed by atoms with Gasteiger partial charge in [0.05, 0.1) is 0 Å². The normalized spacial score (nSPS) is 12.1. The summed E-state index contributed by atoms with van der Waals surface area (Å²) in [5.74, 6) is 0.466. The second kappa shape index (κ2) is 7.57. The molecule has 0 saturated carbocycles. The highest BCUT2D eigenvalue weighted by Gasteiger charge is 2.33. The van der Waals surface area contributed by atoms with Crippen LogP contribution in [0.4, 0.5) is 5.69 Å². The smallest absolute Gasteiger partial charge is 0.122 e. The number of rotatable bonds is 6. The summed E-state index contributed by atoms with van der Waals surface area (Å²) in [7, 11) is 4.83. The lowest BCUT2D eigenvalue weighted by molar-refractivity contribution is 0.444. The highest BCUT2D eigenvalue weighted by atomic mass is 31.1. The van der Waals surface area contributed by atoms with Gasteiger partial charge < -0.3 is 10.0 Å². The fourth-order valence-electron chi connectivity index (χ4n) is 3.35. The van der Waals surface area contributed by atoms with Crippen LogP contribution in [0.15, 0.2) is 36.4 Å². The Morgan fingerprint density at radius 3 is 2.12 bits per heavy atom. The van der Waals surface area contributed by atoms with Crippen molar-refractivity contribution in [3.8, 4) is 5.75 Å². The summed E-state index contributed by atoms with van der Waals surface area (Å²) in [5.41, 5.74) is 4.67. The van der Waals surface area contributed by atoms with Gasteiger partial charge in [-0.15, -0.1) is 0 Å². The van der Waals surface area contributed by atoms with Gasteiger partial charge in [0.25, 0.3) is 0 Å². The first-order chi connectivity index (χ1) is 11.4. The van der Waals surface area contributed by atoms with E-state index < -0.39 is 0 Å². The van der Waals surface area contributed by atoms with E-state index in [2.05, 4.69) is 70.1 Å². The molecular weight excluding hydrogens is 313 g/mol. The van der Waals surface area contributed by atoms with E-state index in [0.717, 1.165) is 24.0 Å². The summed E-state index contributed by atoms with van der Waals surface area (Å²) in [6.45, 7) is 8.66. The topological polar surface area (TPSA) is 23.5 Å². The minimum atomic E-state index is -0.0209. The van der Waals surface area contributed by atoms with E-state index in [1.54, 1.807) is 0 Å². The first kappa shape index (κ1) is 18.8. The number of aryl methyl sites for hydroxylation is 2.